The zero-order chi connectivity index (χ0) is 29.6. The van der Waals surface area contributed by atoms with E-state index in [1.54, 1.807) is 56.3 Å². The van der Waals surface area contributed by atoms with Crippen molar-refractivity contribution in [3.05, 3.63) is 92.9 Å². The monoisotopic (exact) mass is 623 g/mol. The number of anilines is 1. The fourth-order valence-corrected chi connectivity index (χ4v) is 6.37. The van der Waals surface area contributed by atoms with Crippen LogP contribution in [0.15, 0.2) is 71.6 Å². The van der Waals surface area contributed by atoms with E-state index in [0.29, 0.717) is 31.9 Å². The standard InChI is InChI=1S/C29H32Cl3N3O4S/c1-5-26(29(37)33-19(2)3)34(17-23-24(31)10-8-11-25(23)32)28(36)18-35(27-12-7-6-9-20(27)4)40(38,39)22-15-13-21(30)14-16-22/h6-16,19,26H,5,17-18H2,1-4H3,(H,33,37)/t26-/m1/s1. The maximum Gasteiger partial charge on any atom is 0.264 e. The van der Waals surface area contributed by atoms with Gasteiger partial charge in [-0.1, -0.05) is 66.0 Å². The van der Waals surface area contributed by atoms with Gasteiger partial charge in [0.15, 0.2) is 0 Å². The second-order valence-corrected chi connectivity index (χ2v) is 12.7. The quantitative estimate of drug-likeness (QED) is 0.265. The van der Waals surface area contributed by atoms with Crippen LogP contribution in [0.5, 0.6) is 0 Å². The number of para-hydroxylation sites is 1. The van der Waals surface area contributed by atoms with Crippen molar-refractivity contribution in [2.24, 2.45) is 0 Å². The summed E-state index contributed by atoms with van der Waals surface area (Å²) < 4.78 is 28.9. The Bertz CT molecular complexity index is 1440. The molecule has 40 heavy (non-hydrogen) atoms. The van der Waals surface area contributed by atoms with Crippen molar-refractivity contribution in [2.75, 3.05) is 10.8 Å². The molecule has 1 N–H and O–H groups in total. The van der Waals surface area contributed by atoms with Gasteiger partial charge in [-0.05, 0) is 75.2 Å². The molecule has 1 atom stereocenters. The molecule has 0 saturated carbocycles. The number of nitrogens with zero attached hydrogens (tertiary/aromatic N) is 2. The molecular weight excluding hydrogens is 593 g/mol. The van der Waals surface area contributed by atoms with E-state index in [4.69, 9.17) is 34.8 Å². The Morgan fingerprint density at radius 1 is 0.900 bits per heavy atom. The van der Waals surface area contributed by atoms with Crippen molar-refractivity contribution in [3.8, 4) is 0 Å². The molecule has 0 radical (unpaired) electrons. The summed E-state index contributed by atoms with van der Waals surface area (Å²) in [4.78, 5) is 28.7. The number of benzene rings is 3. The van der Waals surface area contributed by atoms with Gasteiger partial charge in [-0.15, -0.1) is 0 Å². The number of hydrogen-bond acceptors (Lipinski definition) is 4. The van der Waals surface area contributed by atoms with Crippen molar-refractivity contribution >= 4 is 62.3 Å². The molecule has 0 aliphatic heterocycles. The third kappa shape index (κ3) is 7.49. The minimum atomic E-state index is -4.21. The molecule has 3 aromatic rings. The summed E-state index contributed by atoms with van der Waals surface area (Å²) in [5.74, 6) is -0.959. The summed E-state index contributed by atoms with van der Waals surface area (Å²) in [7, 11) is -4.21. The molecule has 214 valence electrons. The lowest BCUT2D eigenvalue weighted by Crippen LogP contribution is -2.53. The van der Waals surface area contributed by atoms with Crippen LogP contribution in [0, 0.1) is 6.92 Å². The van der Waals surface area contributed by atoms with Crippen molar-refractivity contribution in [3.63, 3.8) is 0 Å². The largest absolute Gasteiger partial charge is 0.352 e. The molecular formula is C29H32Cl3N3O4S. The van der Waals surface area contributed by atoms with Crippen LogP contribution in [0.4, 0.5) is 5.69 Å². The molecule has 0 aliphatic carbocycles. The average molecular weight is 625 g/mol. The number of carbonyl (C=O) groups is 2. The molecule has 0 unspecified atom stereocenters. The molecule has 7 nitrogen and oxygen atoms in total. The van der Waals surface area contributed by atoms with E-state index in [1.807, 2.05) is 13.8 Å². The van der Waals surface area contributed by atoms with Crippen LogP contribution in [-0.4, -0.2) is 43.8 Å². The number of halogens is 3. The number of aryl methyl sites for hydroxylation is 1. The van der Waals surface area contributed by atoms with E-state index in [9.17, 15) is 18.0 Å². The highest BCUT2D eigenvalue weighted by molar-refractivity contribution is 7.92. The summed E-state index contributed by atoms with van der Waals surface area (Å²) in [5.41, 5.74) is 1.44. The molecule has 0 aliphatic rings. The van der Waals surface area contributed by atoms with Gasteiger partial charge in [0.25, 0.3) is 10.0 Å². The van der Waals surface area contributed by atoms with Gasteiger partial charge in [-0.25, -0.2) is 8.42 Å². The molecule has 0 bridgehead atoms. The van der Waals surface area contributed by atoms with Crippen molar-refractivity contribution in [1.82, 2.24) is 10.2 Å². The van der Waals surface area contributed by atoms with Crippen LogP contribution in [0.3, 0.4) is 0 Å². The average Bonchev–Trinajstić information content (AvgIpc) is 2.89. The Morgan fingerprint density at radius 2 is 1.50 bits per heavy atom. The first-order valence-corrected chi connectivity index (χ1v) is 15.3. The zero-order valence-electron chi connectivity index (χ0n) is 22.7. The third-order valence-corrected chi connectivity index (χ3v) is 9.01. The predicted octanol–water partition coefficient (Wildman–Crippen LogP) is 6.48. The summed E-state index contributed by atoms with van der Waals surface area (Å²) in [5, 5.41) is 3.89. The van der Waals surface area contributed by atoms with Gasteiger partial charge >= 0.3 is 0 Å². The Labute approximate surface area is 251 Å². The lowest BCUT2D eigenvalue weighted by atomic mass is 10.1. The van der Waals surface area contributed by atoms with Crippen LogP contribution in [-0.2, 0) is 26.2 Å². The maximum atomic E-state index is 14.1. The number of nitrogens with one attached hydrogen (secondary N) is 1. The Morgan fingerprint density at radius 3 is 2.05 bits per heavy atom. The highest BCUT2D eigenvalue weighted by Gasteiger charge is 2.34. The van der Waals surface area contributed by atoms with Gasteiger partial charge in [0.1, 0.15) is 12.6 Å². The van der Waals surface area contributed by atoms with Crippen LogP contribution in [0.25, 0.3) is 0 Å². The number of hydrogen-bond donors (Lipinski definition) is 1. The summed E-state index contributed by atoms with van der Waals surface area (Å²) >= 11 is 18.9. The first-order chi connectivity index (χ1) is 18.9. The number of sulfonamides is 1. The van der Waals surface area contributed by atoms with Crippen molar-refractivity contribution in [1.29, 1.82) is 0 Å². The zero-order valence-corrected chi connectivity index (χ0v) is 25.8. The fraction of sp³-hybridized carbons (Fsp3) is 0.310. The second kappa shape index (κ2) is 13.7. The van der Waals surface area contributed by atoms with Crippen molar-refractivity contribution in [2.45, 2.75) is 57.6 Å². The SMILES string of the molecule is CC[C@H](C(=O)NC(C)C)N(Cc1c(Cl)cccc1Cl)C(=O)CN(c1ccccc1C)S(=O)(=O)c1ccc(Cl)cc1. The number of amides is 2. The summed E-state index contributed by atoms with van der Waals surface area (Å²) in [6.45, 7) is 6.52. The molecule has 0 spiro atoms. The smallest absolute Gasteiger partial charge is 0.264 e. The van der Waals surface area contributed by atoms with E-state index in [0.717, 1.165) is 4.31 Å². The molecule has 2 amide bonds. The normalized spacial score (nSPS) is 12.2. The topological polar surface area (TPSA) is 86.8 Å². The predicted molar refractivity (Wildman–Crippen MR) is 162 cm³/mol. The second-order valence-electron chi connectivity index (χ2n) is 9.56. The number of rotatable bonds is 11. The summed E-state index contributed by atoms with van der Waals surface area (Å²) in [6, 6.07) is 16.5. The van der Waals surface area contributed by atoms with E-state index < -0.39 is 28.5 Å². The molecule has 3 aromatic carbocycles. The minimum absolute atomic E-state index is 0.0294. The van der Waals surface area contributed by atoms with E-state index in [1.165, 1.54) is 29.2 Å². The Hall–Kier alpha value is -2.78. The van der Waals surface area contributed by atoms with E-state index >= 15 is 0 Å². The van der Waals surface area contributed by atoms with E-state index in [-0.39, 0.29) is 29.8 Å². The lowest BCUT2D eigenvalue weighted by Gasteiger charge is -2.34. The molecule has 3 rings (SSSR count). The summed E-state index contributed by atoms with van der Waals surface area (Å²) in [6.07, 6.45) is 0.278. The highest BCUT2D eigenvalue weighted by atomic mass is 35.5. The molecule has 0 aromatic heterocycles. The molecule has 0 saturated heterocycles. The first kappa shape index (κ1) is 31.7. The molecule has 11 heteroatoms. The molecule has 0 heterocycles. The van der Waals surface area contributed by atoms with Gasteiger partial charge in [0.2, 0.25) is 11.8 Å². The Balaban J connectivity index is 2.12. The van der Waals surface area contributed by atoms with Crippen LogP contribution in [0.2, 0.25) is 15.1 Å². The maximum absolute atomic E-state index is 14.1. The van der Waals surface area contributed by atoms with Crippen LogP contribution in [0.1, 0.15) is 38.3 Å². The minimum Gasteiger partial charge on any atom is -0.352 e. The van der Waals surface area contributed by atoms with Gasteiger partial charge < -0.3 is 10.2 Å². The molecule has 0 fully saturated rings. The fourth-order valence-electron chi connectivity index (χ4n) is 4.24. The van der Waals surface area contributed by atoms with Gasteiger partial charge in [0, 0.05) is 33.2 Å². The van der Waals surface area contributed by atoms with Crippen molar-refractivity contribution < 1.29 is 18.0 Å². The Kier molecular flexibility index (Phi) is 10.9. The van der Waals surface area contributed by atoms with Crippen LogP contribution >= 0.6 is 34.8 Å². The lowest BCUT2D eigenvalue weighted by molar-refractivity contribution is -0.140. The van der Waals surface area contributed by atoms with Crippen LogP contribution < -0.4 is 9.62 Å². The number of carbonyl (C=O) groups excluding carboxylic acids is 2. The van der Waals surface area contributed by atoms with E-state index in [2.05, 4.69) is 5.32 Å². The van der Waals surface area contributed by atoms with Gasteiger partial charge in [-0.2, -0.15) is 0 Å². The third-order valence-electron chi connectivity index (χ3n) is 6.27. The first-order valence-electron chi connectivity index (χ1n) is 12.7. The van der Waals surface area contributed by atoms with Gasteiger partial charge in [-0.3, -0.25) is 13.9 Å². The highest BCUT2D eigenvalue weighted by Crippen LogP contribution is 2.30. The van der Waals surface area contributed by atoms with Gasteiger partial charge in [0.05, 0.1) is 10.6 Å².